The van der Waals surface area contributed by atoms with Gasteiger partial charge in [0, 0.05) is 0 Å². The molecule has 0 saturated heterocycles. The fourth-order valence-corrected chi connectivity index (χ4v) is 3.30. The van der Waals surface area contributed by atoms with Gasteiger partial charge in [0.25, 0.3) is 0 Å². The maximum absolute atomic E-state index is 10.0. The molecule has 2 aliphatic carbocycles. The van der Waals surface area contributed by atoms with Gasteiger partial charge in [0.2, 0.25) is 0 Å². The standard InChI is InChI=1S/C18H22O2/c19-15-8-6-14(7-9-15)17-11-10-16(20)12-18(17)13-4-2-1-3-5-13/h1-6,15-16,19-20H,7-12H2. The van der Waals surface area contributed by atoms with Gasteiger partial charge < -0.3 is 10.2 Å². The van der Waals surface area contributed by atoms with Crippen molar-refractivity contribution >= 4 is 5.57 Å². The van der Waals surface area contributed by atoms with Crippen LogP contribution in [0.1, 0.15) is 44.1 Å². The normalized spacial score (nSPS) is 27.4. The van der Waals surface area contributed by atoms with Crippen LogP contribution in [0, 0.1) is 0 Å². The summed E-state index contributed by atoms with van der Waals surface area (Å²) in [4.78, 5) is 0. The van der Waals surface area contributed by atoms with E-state index < -0.39 is 0 Å². The first kappa shape index (κ1) is 13.6. The molecule has 2 atom stereocenters. The molecule has 1 aromatic rings. The largest absolute Gasteiger partial charge is 0.393 e. The van der Waals surface area contributed by atoms with Gasteiger partial charge in [-0.05, 0) is 60.8 Å². The Hall–Kier alpha value is -1.38. The third kappa shape index (κ3) is 2.87. The van der Waals surface area contributed by atoms with E-state index in [1.807, 2.05) is 6.07 Å². The molecule has 0 spiro atoms. The lowest BCUT2D eigenvalue weighted by atomic mass is 9.79. The van der Waals surface area contributed by atoms with Crippen LogP contribution in [0.4, 0.5) is 0 Å². The highest BCUT2D eigenvalue weighted by molar-refractivity contribution is 5.73. The molecule has 0 amide bonds. The fourth-order valence-electron chi connectivity index (χ4n) is 3.30. The summed E-state index contributed by atoms with van der Waals surface area (Å²) in [5, 5.41) is 19.7. The molecule has 106 valence electrons. The van der Waals surface area contributed by atoms with Crippen LogP contribution in [-0.4, -0.2) is 22.4 Å². The van der Waals surface area contributed by atoms with Crippen molar-refractivity contribution in [3.05, 3.63) is 53.1 Å². The van der Waals surface area contributed by atoms with E-state index >= 15 is 0 Å². The lowest BCUT2D eigenvalue weighted by molar-refractivity contribution is 0.159. The molecule has 0 bridgehead atoms. The number of allylic oxidation sites excluding steroid dienone is 2. The van der Waals surface area contributed by atoms with Crippen molar-refractivity contribution in [2.24, 2.45) is 0 Å². The predicted molar refractivity (Wildman–Crippen MR) is 81.2 cm³/mol. The summed E-state index contributed by atoms with van der Waals surface area (Å²) in [6.07, 6.45) is 6.95. The summed E-state index contributed by atoms with van der Waals surface area (Å²) in [7, 11) is 0. The molecular weight excluding hydrogens is 248 g/mol. The van der Waals surface area contributed by atoms with E-state index in [0.29, 0.717) is 0 Å². The second-order valence-electron chi connectivity index (χ2n) is 5.88. The third-order valence-corrected chi connectivity index (χ3v) is 4.42. The minimum atomic E-state index is -0.219. The Kier molecular flexibility index (Phi) is 4.04. The molecule has 0 radical (unpaired) electrons. The maximum atomic E-state index is 10.0. The molecule has 1 aromatic carbocycles. The molecule has 0 fully saturated rings. The van der Waals surface area contributed by atoms with Crippen molar-refractivity contribution in [1.82, 2.24) is 0 Å². The highest BCUT2D eigenvalue weighted by Gasteiger charge is 2.24. The molecule has 3 rings (SSSR count). The third-order valence-electron chi connectivity index (χ3n) is 4.42. The Morgan fingerprint density at radius 3 is 2.30 bits per heavy atom. The van der Waals surface area contributed by atoms with Gasteiger partial charge in [0.1, 0.15) is 0 Å². The number of benzene rings is 1. The van der Waals surface area contributed by atoms with Crippen molar-refractivity contribution < 1.29 is 10.2 Å². The van der Waals surface area contributed by atoms with Crippen molar-refractivity contribution in [3.63, 3.8) is 0 Å². The number of hydrogen-bond acceptors (Lipinski definition) is 2. The Morgan fingerprint density at radius 1 is 0.850 bits per heavy atom. The van der Waals surface area contributed by atoms with Crippen LogP contribution in [0.15, 0.2) is 47.6 Å². The second kappa shape index (κ2) is 5.94. The Morgan fingerprint density at radius 2 is 1.60 bits per heavy atom. The summed E-state index contributed by atoms with van der Waals surface area (Å²) in [5.74, 6) is 0. The Balaban J connectivity index is 1.99. The quantitative estimate of drug-likeness (QED) is 0.864. The molecule has 0 heterocycles. The van der Waals surface area contributed by atoms with Gasteiger partial charge in [-0.25, -0.2) is 0 Å². The van der Waals surface area contributed by atoms with E-state index in [0.717, 1.165) is 38.5 Å². The van der Waals surface area contributed by atoms with Gasteiger partial charge in [-0.2, -0.15) is 0 Å². The van der Waals surface area contributed by atoms with Crippen LogP contribution < -0.4 is 0 Å². The number of hydrogen-bond donors (Lipinski definition) is 2. The Bertz CT molecular complexity index is 528. The highest BCUT2D eigenvalue weighted by Crippen LogP contribution is 2.39. The predicted octanol–water partition coefficient (Wildman–Crippen LogP) is 3.46. The van der Waals surface area contributed by atoms with Crippen molar-refractivity contribution in [3.8, 4) is 0 Å². The van der Waals surface area contributed by atoms with Gasteiger partial charge in [0.05, 0.1) is 12.2 Å². The molecule has 0 aromatic heterocycles. The van der Waals surface area contributed by atoms with Crippen molar-refractivity contribution in [1.29, 1.82) is 0 Å². The first-order chi connectivity index (χ1) is 9.74. The minimum Gasteiger partial charge on any atom is -0.393 e. The van der Waals surface area contributed by atoms with Crippen LogP contribution in [-0.2, 0) is 0 Å². The summed E-state index contributed by atoms with van der Waals surface area (Å²) in [5.41, 5.74) is 5.33. The SMILES string of the molecule is OC1CC=C(C2=C(c3ccccc3)CC(O)CC2)CC1. The van der Waals surface area contributed by atoms with Gasteiger partial charge in [0.15, 0.2) is 0 Å². The van der Waals surface area contributed by atoms with Crippen LogP contribution in [0.3, 0.4) is 0 Å². The van der Waals surface area contributed by atoms with E-state index in [1.165, 1.54) is 22.3 Å². The summed E-state index contributed by atoms with van der Waals surface area (Å²) in [6, 6.07) is 10.4. The molecule has 2 nitrogen and oxygen atoms in total. The van der Waals surface area contributed by atoms with E-state index in [9.17, 15) is 10.2 Å². The van der Waals surface area contributed by atoms with Crippen molar-refractivity contribution in [2.75, 3.05) is 0 Å². The zero-order chi connectivity index (χ0) is 13.9. The first-order valence-corrected chi connectivity index (χ1v) is 7.57. The molecule has 2 N–H and O–H groups in total. The number of rotatable bonds is 2. The minimum absolute atomic E-state index is 0.172. The molecule has 0 aliphatic heterocycles. The molecular formula is C18H22O2. The summed E-state index contributed by atoms with van der Waals surface area (Å²) >= 11 is 0. The van der Waals surface area contributed by atoms with Crippen LogP contribution in [0.25, 0.3) is 5.57 Å². The van der Waals surface area contributed by atoms with Crippen molar-refractivity contribution in [2.45, 2.75) is 50.7 Å². The Labute approximate surface area is 120 Å². The highest BCUT2D eigenvalue weighted by atomic mass is 16.3. The van der Waals surface area contributed by atoms with E-state index in [-0.39, 0.29) is 12.2 Å². The van der Waals surface area contributed by atoms with Gasteiger partial charge in [-0.15, -0.1) is 0 Å². The van der Waals surface area contributed by atoms with Gasteiger partial charge >= 0.3 is 0 Å². The number of aliphatic hydroxyl groups excluding tert-OH is 2. The fraction of sp³-hybridized carbons (Fsp3) is 0.444. The molecule has 0 saturated carbocycles. The lowest BCUT2D eigenvalue weighted by Gasteiger charge is -2.28. The number of aliphatic hydroxyl groups is 2. The topological polar surface area (TPSA) is 40.5 Å². The monoisotopic (exact) mass is 270 g/mol. The summed E-state index contributed by atoms with van der Waals surface area (Å²) < 4.78 is 0. The molecule has 20 heavy (non-hydrogen) atoms. The van der Waals surface area contributed by atoms with E-state index in [2.05, 4.69) is 30.3 Å². The maximum Gasteiger partial charge on any atom is 0.0584 e. The first-order valence-electron chi connectivity index (χ1n) is 7.57. The molecule has 2 unspecified atom stereocenters. The average molecular weight is 270 g/mol. The van der Waals surface area contributed by atoms with E-state index in [1.54, 1.807) is 0 Å². The lowest BCUT2D eigenvalue weighted by Crippen LogP contribution is -2.18. The second-order valence-corrected chi connectivity index (χ2v) is 5.88. The van der Waals surface area contributed by atoms with Gasteiger partial charge in [-0.3, -0.25) is 0 Å². The zero-order valence-electron chi connectivity index (χ0n) is 11.8. The van der Waals surface area contributed by atoms with Crippen LogP contribution in [0.5, 0.6) is 0 Å². The molecule has 2 aliphatic rings. The smallest absolute Gasteiger partial charge is 0.0584 e. The van der Waals surface area contributed by atoms with Gasteiger partial charge in [-0.1, -0.05) is 36.4 Å². The molecule has 2 heteroatoms. The van der Waals surface area contributed by atoms with Crippen LogP contribution >= 0.6 is 0 Å². The zero-order valence-corrected chi connectivity index (χ0v) is 11.8. The summed E-state index contributed by atoms with van der Waals surface area (Å²) in [6.45, 7) is 0. The van der Waals surface area contributed by atoms with Crippen LogP contribution in [0.2, 0.25) is 0 Å². The average Bonchev–Trinajstić information content (AvgIpc) is 2.49. The van der Waals surface area contributed by atoms with E-state index in [4.69, 9.17) is 0 Å².